The summed E-state index contributed by atoms with van der Waals surface area (Å²) >= 11 is 1.38. The number of benzene rings is 1. The van der Waals surface area contributed by atoms with Gasteiger partial charge in [-0.25, -0.2) is 13.4 Å². The number of hydrogen-bond acceptors (Lipinski definition) is 6. The van der Waals surface area contributed by atoms with E-state index in [0.717, 1.165) is 5.76 Å². The Hall–Kier alpha value is -2.12. The molecule has 0 fully saturated rings. The lowest BCUT2D eigenvalue weighted by Gasteiger charge is -2.02. The summed E-state index contributed by atoms with van der Waals surface area (Å²) in [5.41, 5.74) is 0.538. The first kappa shape index (κ1) is 14.8. The summed E-state index contributed by atoms with van der Waals surface area (Å²) in [6, 6.07) is 12.1. The highest BCUT2D eigenvalue weighted by molar-refractivity contribution is 7.90. The van der Waals surface area contributed by atoms with E-state index >= 15 is 0 Å². The summed E-state index contributed by atoms with van der Waals surface area (Å²) in [6.45, 7) is 0.519. The lowest BCUT2D eigenvalue weighted by Crippen LogP contribution is -2.05. The summed E-state index contributed by atoms with van der Waals surface area (Å²) in [7, 11) is -3.36. The van der Waals surface area contributed by atoms with Gasteiger partial charge in [-0.15, -0.1) is 11.3 Å². The fourth-order valence-electron chi connectivity index (χ4n) is 1.94. The first-order chi connectivity index (χ1) is 10.6. The molecule has 0 unspecified atom stereocenters. The molecule has 2 aromatic heterocycles. The summed E-state index contributed by atoms with van der Waals surface area (Å²) in [6.07, 6.45) is 1.61. The minimum atomic E-state index is -3.36. The van der Waals surface area contributed by atoms with Crippen molar-refractivity contribution in [3.8, 4) is 0 Å². The molecule has 0 aliphatic carbocycles. The zero-order valence-electron chi connectivity index (χ0n) is 11.6. The van der Waals surface area contributed by atoms with E-state index in [9.17, 15) is 8.42 Å². The molecule has 0 aliphatic rings. The highest BCUT2D eigenvalue weighted by Gasteiger charge is 2.16. The molecule has 0 saturated heterocycles. The van der Waals surface area contributed by atoms with Gasteiger partial charge in [0.15, 0.2) is 15.0 Å². The Labute approximate surface area is 132 Å². The van der Waals surface area contributed by atoms with Crippen LogP contribution in [0.3, 0.4) is 0 Å². The average Bonchev–Trinajstić information content (AvgIpc) is 3.17. The van der Waals surface area contributed by atoms with Crippen LogP contribution in [0.15, 0.2) is 63.4 Å². The fourth-order valence-corrected chi connectivity index (χ4v) is 4.03. The number of sulfone groups is 1. The summed E-state index contributed by atoms with van der Waals surface area (Å²) in [4.78, 5) is 4.62. The molecule has 0 radical (unpaired) electrons. The quantitative estimate of drug-likeness (QED) is 0.748. The molecule has 7 heteroatoms. The number of rotatable bonds is 6. The molecule has 5 nitrogen and oxygen atoms in total. The van der Waals surface area contributed by atoms with E-state index in [1.165, 1.54) is 11.3 Å². The van der Waals surface area contributed by atoms with E-state index in [1.807, 2.05) is 12.1 Å². The van der Waals surface area contributed by atoms with Crippen LogP contribution in [0.25, 0.3) is 0 Å². The van der Waals surface area contributed by atoms with Crippen molar-refractivity contribution in [1.82, 2.24) is 4.98 Å². The van der Waals surface area contributed by atoms with Crippen molar-refractivity contribution in [1.29, 1.82) is 0 Å². The first-order valence-corrected chi connectivity index (χ1v) is 9.15. The van der Waals surface area contributed by atoms with Crippen LogP contribution >= 0.6 is 11.3 Å². The van der Waals surface area contributed by atoms with Crippen molar-refractivity contribution in [3.05, 3.63) is 65.6 Å². The number of furan rings is 1. The van der Waals surface area contributed by atoms with Crippen LogP contribution in [0.1, 0.15) is 11.5 Å². The summed E-state index contributed by atoms with van der Waals surface area (Å²) in [5, 5.41) is 5.54. The maximum absolute atomic E-state index is 12.3. The molecular weight excluding hydrogens is 320 g/mol. The average molecular weight is 334 g/mol. The van der Waals surface area contributed by atoms with E-state index in [1.54, 1.807) is 42.0 Å². The highest BCUT2D eigenvalue weighted by Crippen LogP contribution is 2.21. The summed E-state index contributed by atoms with van der Waals surface area (Å²) < 4.78 is 29.8. The maximum atomic E-state index is 12.3. The molecule has 0 saturated carbocycles. The molecule has 0 spiro atoms. The van der Waals surface area contributed by atoms with Crippen LogP contribution in [-0.4, -0.2) is 13.4 Å². The minimum Gasteiger partial charge on any atom is -0.467 e. The molecule has 22 heavy (non-hydrogen) atoms. The molecule has 3 aromatic rings. The monoisotopic (exact) mass is 334 g/mol. The van der Waals surface area contributed by atoms with E-state index in [-0.39, 0.29) is 5.75 Å². The van der Waals surface area contributed by atoms with Gasteiger partial charge in [0, 0.05) is 5.38 Å². The van der Waals surface area contributed by atoms with Gasteiger partial charge in [-0.1, -0.05) is 18.2 Å². The van der Waals surface area contributed by atoms with Crippen LogP contribution in [0.4, 0.5) is 5.13 Å². The number of thiazole rings is 1. The lowest BCUT2D eigenvalue weighted by atomic mass is 10.4. The second kappa shape index (κ2) is 6.33. The van der Waals surface area contributed by atoms with Gasteiger partial charge in [0.2, 0.25) is 0 Å². The van der Waals surface area contributed by atoms with Gasteiger partial charge >= 0.3 is 0 Å². The van der Waals surface area contributed by atoms with Crippen molar-refractivity contribution in [2.75, 3.05) is 5.32 Å². The molecule has 3 rings (SSSR count). The van der Waals surface area contributed by atoms with Gasteiger partial charge in [-0.2, -0.15) is 0 Å². The largest absolute Gasteiger partial charge is 0.467 e. The third-order valence-corrected chi connectivity index (χ3v) is 5.50. The first-order valence-electron chi connectivity index (χ1n) is 6.62. The maximum Gasteiger partial charge on any atom is 0.184 e. The Bertz CT molecular complexity index is 825. The van der Waals surface area contributed by atoms with Crippen molar-refractivity contribution >= 4 is 26.3 Å². The van der Waals surface area contributed by atoms with Crippen molar-refractivity contribution in [2.45, 2.75) is 17.2 Å². The zero-order chi connectivity index (χ0) is 15.4. The van der Waals surface area contributed by atoms with Crippen LogP contribution in [0.2, 0.25) is 0 Å². The van der Waals surface area contributed by atoms with E-state index in [4.69, 9.17) is 4.42 Å². The second-order valence-corrected chi connectivity index (χ2v) is 7.50. The summed E-state index contributed by atoms with van der Waals surface area (Å²) in [5.74, 6) is 0.698. The van der Waals surface area contributed by atoms with Crippen LogP contribution in [-0.2, 0) is 22.1 Å². The Morgan fingerprint density at radius 2 is 1.95 bits per heavy atom. The number of nitrogens with one attached hydrogen (secondary N) is 1. The van der Waals surface area contributed by atoms with Gasteiger partial charge in [0.25, 0.3) is 0 Å². The normalized spacial score (nSPS) is 11.5. The van der Waals surface area contributed by atoms with E-state index < -0.39 is 9.84 Å². The molecule has 114 valence electrons. The van der Waals surface area contributed by atoms with Crippen LogP contribution in [0, 0.1) is 0 Å². The Morgan fingerprint density at radius 1 is 1.14 bits per heavy atom. The third-order valence-electron chi connectivity index (χ3n) is 2.99. The van der Waals surface area contributed by atoms with Gasteiger partial charge in [0.1, 0.15) is 5.76 Å². The molecule has 0 aliphatic heterocycles. The fraction of sp³-hybridized carbons (Fsp3) is 0.133. The number of anilines is 1. The van der Waals surface area contributed by atoms with Gasteiger partial charge in [0.05, 0.1) is 29.2 Å². The van der Waals surface area contributed by atoms with Gasteiger partial charge in [-0.3, -0.25) is 0 Å². The minimum absolute atomic E-state index is 0.101. The molecule has 1 N–H and O–H groups in total. The standard InChI is InChI=1S/C15H14N2O3S2/c18-22(19,14-6-2-1-3-7-14)11-12-10-21-15(17-12)16-9-13-5-4-8-20-13/h1-8,10H,9,11H2,(H,16,17). The van der Waals surface area contributed by atoms with E-state index in [2.05, 4.69) is 10.3 Å². The number of nitrogens with zero attached hydrogens (tertiary/aromatic N) is 1. The van der Waals surface area contributed by atoms with Crippen molar-refractivity contribution in [3.63, 3.8) is 0 Å². The smallest absolute Gasteiger partial charge is 0.184 e. The lowest BCUT2D eigenvalue weighted by molar-refractivity contribution is 0.518. The predicted octanol–water partition coefficient (Wildman–Crippen LogP) is 3.32. The number of aromatic nitrogens is 1. The van der Waals surface area contributed by atoms with Crippen molar-refractivity contribution < 1.29 is 12.8 Å². The predicted molar refractivity (Wildman–Crippen MR) is 85.5 cm³/mol. The molecular formula is C15H14N2O3S2. The second-order valence-electron chi connectivity index (χ2n) is 4.65. The van der Waals surface area contributed by atoms with E-state index in [0.29, 0.717) is 22.3 Å². The molecule has 1 aromatic carbocycles. The topological polar surface area (TPSA) is 72.2 Å². The molecule has 0 amide bonds. The van der Waals surface area contributed by atoms with Gasteiger partial charge < -0.3 is 9.73 Å². The Balaban J connectivity index is 1.66. The Morgan fingerprint density at radius 3 is 2.68 bits per heavy atom. The van der Waals surface area contributed by atoms with Gasteiger partial charge in [-0.05, 0) is 24.3 Å². The zero-order valence-corrected chi connectivity index (χ0v) is 13.2. The van der Waals surface area contributed by atoms with Crippen LogP contribution in [0.5, 0.6) is 0 Å². The molecule has 0 atom stereocenters. The van der Waals surface area contributed by atoms with Crippen LogP contribution < -0.4 is 5.32 Å². The third kappa shape index (κ3) is 3.55. The number of hydrogen-bond donors (Lipinski definition) is 1. The SMILES string of the molecule is O=S(=O)(Cc1csc(NCc2ccco2)n1)c1ccccc1. The van der Waals surface area contributed by atoms with Crippen molar-refractivity contribution in [2.24, 2.45) is 0 Å². The highest BCUT2D eigenvalue weighted by atomic mass is 32.2. The Kier molecular flexibility index (Phi) is 4.26. The molecule has 2 heterocycles. The molecule has 0 bridgehead atoms.